The Kier molecular flexibility index (Phi) is 4.12. The number of carbonyl (C=O) groups excluding carboxylic acids is 1. The minimum atomic E-state index is -0.814. The lowest BCUT2D eigenvalue weighted by Gasteiger charge is -2.02. The second-order valence-corrected chi connectivity index (χ2v) is 5.00. The third-order valence-corrected chi connectivity index (χ3v) is 3.67. The summed E-state index contributed by atoms with van der Waals surface area (Å²) in [5.41, 5.74) is 4.97. The van der Waals surface area contributed by atoms with Crippen molar-refractivity contribution in [1.82, 2.24) is 10.3 Å². The smallest absolute Gasteiger partial charge is 0.303 e. The van der Waals surface area contributed by atoms with Crippen LogP contribution in [0.1, 0.15) is 30.2 Å². The summed E-state index contributed by atoms with van der Waals surface area (Å²) in [6.45, 7) is 7.42. The van der Waals surface area contributed by atoms with Gasteiger partial charge in [0.1, 0.15) is 0 Å². The van der Waals surface area contributed by atoms with E-state index < -0.39 is 5.97 Å². The summed E-state index contributed by atoms with van der Waals surface area (Å²) in [7, 11) is 0. The highest BCUT2D eigenvalue weighted by Crippen LogP contribution is 2.25. The molecule has 5 nitrogen and oxygen atoms in total. The Morgan fingerprint density at radius 2 is 2.14 bits per heavy atom. The van der Waals surface area contributed by atoms with Crippen LogP contribution in [0, 0.1) is 6.92 Å². The van der Waals surface area contributed by atoms with Crippen LogP contribution in [-0.2, 0) is 16.0 Å². The van der Waals surface area contributed by atoms with Gasteiger partial charge in [-0.2, -0.15) is 0 Å². The first kappa shape index (κ1) is 14.8. The number of aromatic amines is 1. The Bertz CT molecular complexity index is 678. The number of allylic oxidation sites excluding steroid dienone is 1. The molecule has 0 unspecified atom stereocenters. The fraction of sp³-hybridized carbons (Fsp3) is 0.250. The molecule has 0 atom stereocenters. The molecule has 1 aromatic rings. The molecule has 0 aliphatic carbocycles. The van der Waals surface area contributed by atoms with Gasteiger partial charge in [-0.3, -0.25) is 9.59 Å². The lowest BCUT2D eigenvalue weighted by atomic mass is 10.1. The van der Waals surface area contributed by atoms with Crippen LogP contribution in [0.2, 0.25) is 0 Å². The van der Waals surface area contributed by atoms with Gasteiger partial charge in [0.15, 0.2) is 0 Å². The summed E-state index contributed by atoms with van der Waals surface area (Å²) < 4.78 is 0. The van der Waals surface area contributed by atoms with Gasteiger partial charge in [-0.1, -0.05) is 12.7 Å². The predicted octanol–water partition coefficient (Wildman–Crippen LogP) is 2.31. The summed E-state index contributed by atoms with van der Waals surface area (Å²) in [4.78, 5) is 25.4. The summed E-state index contributed by atoms with van der Waals surface area (Å²) in [6, 6.07) is 0. The first-order valence-electron chi connectivity index (χ1n) is 6.69. The van der Waals surface area contributed by atoms with Gasteiger partial charge in [-0.25, -0.2) is 0 Å². The van der Waals surface area contributed by atoms with E-state index in [9.17, 15) is 9.59 Å². The van der Waals surface area contributed by atoms with Gasteiger partial charge < -0.3 is 15.4 Å². The Hall–Kier alpha value is -2.56. The van der Waals surface area contributed by atoms with Crippen molar-refractivity contribution in [3.8, 4) is 0 Å². The zero-order valence-corrected chi connectivity index (χ0v) is 12.1. The molecule has 1 aromatic heterocycles. The number of aromatic nitrogens is 1. The normalized spacial score (nSPS) is 16.5. The first-order valence-corrected chi connectivity index (χ1v) is 6.69. The third-order valence-electron chi connectivity index (χ3n) is 3.67. The number of carbonyl (C=O) groups is 2. The van der Waals surface area contributed by atoms with E-state index in [0.29, 0.717) is 17.7 Å². The van der Waals surface area contributed by atoms with E-state index in [1.54, 1.807) is 13.0 Å². The fourth-order valence-corrected chi connectivity index (χ4v) is 2.33. The summed E-state index contributed by atoms with van der Waals surface area (Å²) in [6.07, 6.45) is 5.90. The summed E-state index contributed by atoms with van der Waals surface area (Å²) in [5.74, 6) is -0.933. The molecule has 1 amide bonds. The highest BCUT2D eigenvalue weighted by Gasteiger charge is 2.22. The average molecular weight is 286 g/mol. The van der Waals surface area contributed by atoms with E-state index in [4.69, 9.17) is 5.11 Å². The minimum Gasteiger partial charge on any atom is -0.481 e. The van der Waals surface area contributed by atoms with Gasteiger partial charge in [-0.05, 0) is 37.5 Å². The Morgan fingerprint density at radius 1 is 1.43 bits per heavy atom. The van der Waals surface area contributed by atoms with Crippen LogP contribution >= 0.6 is 0 Å². The molecular formula is C16H18N2O3. The molecule has 2 heterocycles. The van der Waals surface area contributed by atoms with Crippen LogP contribution in [-0.4, -0.2) is 22.0 Å². The zero-order chi connectivity index (χ0) is 15.6. The molecule has 0 spiro atoms. The minimum absolute atomic E-state index is 0.0996. The molecule has 110 valence electrons. The van der Waals surface area contributed by atoms with Crippen LogP contribution < -0.4 is 5.32 Å². The first-order chi connectivity index (χ1) is 9.93. The lowest BCUT2D eigenvalue weighted by molar-refractivity contribution is -0.137. The van der Waals surface area contributed by atoms with Crippen molar-refractivity contribution in [2.45, 2.75) is 26.7 Å². The molecule has 3 N–H and O–H groups in total. The fourth-order valence-electron chi connectivity index (χ4n) is 2.33. The van der Waals surface area contributed by atoms with Crippen LogP contribution in [0.25, 0.3) is 6.08 Å². The van der Waals surface area contributed by atoms with Crippen LogP contribution in [0.4, 0.5) is 0 Å². The van der Waals surface area contributed by atoms with Gasteiger partial charge in [0.05, 0.1) is 5.70 Å². The van der Waals surface area contributed by atoms with Gasteiger partial charge in [0.2, 0.25) is 0 Å². The number of carboxylic acid groups (broad SMARTS) is 1. The molecule has 5 heteroatoms. The van der Waals surface area contributed by atoms with Gasteiger partial charge in [-0.15, -0.1) is 0 Å². The number of rotatable bonds is 5. The monoisotopic (exact) mass is 286 g/mol. The summed E-state index contributed by atoms with van der Waals surface area (Å²) >= 11 is 0. The molecule has 2 rings (SSSR count). The van der Waals surface area contributed by atoms with E-state index in [2.05, 4.69) is 16.9 Å². The van der Waals surface area contributed by atoms with Crippen molar-refractivity contribution in [1.29, 1.82) is 0 Å². The number of H-pyrrole nitrogens is 1. The maximum atomic E-state index is 11.7. The molecule has 0 saturated carbocycles. The maximum Gasteiger partial charge on any atom is 0.303 e. The molecular weight excluding hydrogens is 268 g/mol. The molecule has 0 fully saturated rings. The van der Waals surface area contributed by atoms with E-state index in [1.165, 1.54) is 0 Å². The van der Waals surface area contributed by atoms with Crippen LogP contribution in [0.15, 0.2) is 35.7 Å². The Morgan fingerprint density at radius 3 is 2.76 bits per heavy atom. The van der Waals surface area contributed by atoms with E-state index in [0.717, 1.165) is 22.4 Å². The number of aryl methyl sites for hydroxylation is 1. The number of carboxylic acids is 1. The quantitative estimate of drug-likeness (QED) is 0.777. The Balaban J connectivity index is 2.28. The molecule has 0 radical (unpaired) electrons. The maximum absolute atomic E-state index is 11.7. The number of hydrogen-bond acceptors (Lipinski definition) is 2. The van der Waals surface area contributed by atoms with Crippen molar-refractivity contribution in [3.05, 3.63) is 52.5 Å². The van der Waals surface area contributed by atoms with Gasteiger partial charge >= 0.3 is 5.97 Å². The number of hydrogen-bond donors (Lipinski definition) is 3. The standard InChI is InChI=1S/C16H18N2O3/c1-4-12-10(3)16(21)18-14(12)7-13-9(2)11(8-17-13)5-6-15(19)20/h4,7-8,17H,1,5-6H2,2-3H3,(H,18,21)(H,19,20)/b14-7+. The number of aliphatic carboxylic acids is 1. The lowest BCUT2D eigenvalue weighted by Crippen LogP contribution is -2.15. The van der Waals surface area contributed by atoms with Gasteiger partial charge in [0.25, 0.3) is 5.91 Å². The molecule has 1 aliphatic heterocycles. The second-order valence-electron chi connectivity index (χ2n) is 5.00. The average Bonchev–Trinajstić information content (AvgIpc) is 2.90. The second kappa shape index (κ2) is 5.83. The largest absolute Gasteiger partial charge is 0.481 e. The van der Waals surface area contributed by atoms with Crippen LogP contribution in [0.5, 0.6) is 0 Å². The van der Waals surface area contributed by atoms with Crippen molar-refractivity contribution >= 4 is 18.0 Å². The van der Waals surface area contributed by atoms with Crippen molar-refractivity contribution in [2.75, 3.05) is 0 Å². The van der Waals surface area contributed by atoms with Crippen LogP contribution in [0.3, 0.4) is 0 Å². The molecule has 0 bridgehead atoms. The SMILES string of the molecule is C=CC1=C(C)C(=O)N/C1=C/c1[nH]cc(CCC(=O)O)c1C. The number of amides is 1. The van der Waals surface area contributed by atoms with E-state index >= 15 is 0 Å². The molecule has 1 aliphatic rings. The third kappa shape index (κ3) is 2.97. The van der Waals surface area contributed by atoms with Crippen molar-refractivity contribution in [2.24, 2.45) is 0 Å². The van der Waals surface area contributed by atoms with E-state index in [1.807, 2.05) is 19.2 Å². The Labute approximate surface area is 123 Å². The van der Waals surface area contributed by atoms with Gasteiger partial charge in [0, 0.05) is 29.5 Å². The van der Waals surface area contributed by atoms with Crippen molar-refractivity contribution < 1.29 is 14.7 Å². The zero-order valence-electron chi connectivity index (χ0n) is 12.1. The molecule has 21 heavy (non-hydrogen) atoms. The summed E-state index contributed by atoms with van der Waals surface area (Å²) in [5, 5.41) is 11.5. The number of nitrogens with one attached hydrogen (secondary N) is 2. The highest BCUT2D eigenvalue weighted by atomic mass is 16.4. The molecule has 0 aromatic carbocycles. The molecule has 0 saturated heterocycles. The topological polar surface area (TPSA) is 82.2 Å². The predicted molar refractivity (Wildman–Crippen MR) is 80.5 cm³/mol. The van der Waals surface area contributed by atoms with Crippen molar-refractivity contribution in [3.63, 3.8) is 0 Å². The highest BCUT2D eigenvalue weighted by molar-refractivity contribution is 6.01. The van der Waals surface area contributed by atoms with E-state index in [-0.39, 0.29) is 12.3 Å².